The Morgan fingerprint density at radius 1 is 1.20 bits per heavy atom. The maximum Gasteiger partial charge on any atom is 0.248 e. The van der Waals surface area contributed by atoms with Gasteiger partial charge in [0.05, 0.1) is 32.6 Å². The number of benzene rings is 2. The number of morpholine rings is 1. The molecular weight excluding hydrogens is 387 g/mol. The summed E-state index contributed by atoms with van der Waals surface area (Å²) in [5.41, 5.74) is 1.71. The van der Waals surface area contributed by atoms with Crippen molar-refractivity contribution in [3.8, 4) is 11.5 Å². The quantitative estimate of drug-likeness (QED) is 0.659. The van der Waals surface area contributed by atoms with Crippen LogP contribution in [0.25, 0.3) is 6.08 Å². The molecule has 0 unspecified atom stereocenters. The molecule has 0 bridgehead atoms. The number of methoxy groups -OCH3 is 1. The van der Waals surface area contributed by atoms with E-state index in [0.29, 0.717) is 55.8 Å². The Balaban J connectivity index is 1.62. The molecule has 0 radical (unpaired) electrons. The zero-order valence-electron chi connectivity index (χ0n) is 17.3. The van der Waals surface area contributed by atoms with Gasteiger partial charge in [-0.15, -0.1) is 0 Å². The van der Waals surface area contributed by atoms with Crippen LogP contribution in [0, 0.1) is 5.82 Å². The van der Waals surface area contributed by atoms with Crippen molar-refractivity contribution in [2.24, 2.45) is 0 Å². The molecule has 0 saturated carbocycles. The van der Waals surface area contributed by atoms with Crippen LogP contribution in [0.15, 0.2) is 42.5 Å². The third-order valence-electron chi connectivity index (χ3n) is 4.64. The highest BCUT2D eigenvalue weighted by Gasteiger charge is 2.15. The van der Waals surface area contributed by atoms with Crippen LogP contribution in [0.3, 0.4) is 0 Å². The summed E-state index contributed by atoms with van der Waals surface area (Å²) in [7, 11) is 1.57. The average Bonchev–Trinajstić information content (AvgIpc) is 2.77. The number of carbonyl (C=O) groups excluding carboxylic acids is 1. The Labute approximate surface area is 176 Å². The number of nitrogens with one attached hydrogen (secondary N) is 1. The molecule has 2 aromatic carbocycles. The predicted octanol–water partition coefficient (Wildman–Crippen LogP) is 4.11. The van der Waals surface area contributed by atoms with E-state index in [0.717, 1.165) is 12.0 Å². The highest BCUT2D eigenvalue weighted by molar-refractivity contribution is 6.02. The minimum absolute atomic E-state index is 0.348. The maximum atomic E-state index is 14.5. The second-order valence-electron chi connectivity index (χ2n) is 6.85. The lowest BCUT2D eigenvalue weighted by atomic mass is 10.2. The Bertz CT molecular complexity index is 895. The van der Waals surface area contributed by atoms with Crippen LogP contribution in [0.4, 0.5) is 15.8 Å². The number of amides is 1. The molecule has 1 heterocycles. The van der Waals surface area contributed by atoms with E-state index in [1.807, 2.05) is 24.0 Å². The molecule has 30 heavy (non-hydrogen) atoms. The van der Waals surface area contributed by atoms with Gasteiger partial charge in [-0.25, -0.2) is 4.39 Å². The van der Waals surface area contributed by atoms with Gasteiger partial charge in [-0.3, -0.25) is 4.79 Å². The van der Waals surface area contributed by atoms with E-state index in [-0.39, 0.29) is 11.7 Å². The predicted molar refractivity (Wildman–Crippen MR) is 116 cm³/mol. The zero-order chi connectivity index (χ0) is 21.3. The monoisotopic (exact) mass is 414 g/mol. The Hall–Kier alpha value is -3.06. The van der Waals surface area contributed by atoms with Gasteiger partial charge in [0.2, 0.25) is 5.91 Å². The number of nitrogens with zero attached hydrogens (tertiary/aromatic N) is 1. The molecule has 0 spiro atoms. The average molecular weight is 414 g/mol. The molecule has 1 fully saturated rings. The Kier molecular flexibility index (Phi) is 7.68. The van der Waals surface area contributed by atoms with Gasteiger partial charge in [0.1, 0.15) is 5.82 Å². The van der Waals surface area contributed by atoms with Crippen LogP contribution in [0.2, 0.25) is 0 Å². The molecule has 0 atom stereocenters. The van der Waals surface area contributed by atoms with Crippen molar-refractivity contribution in [3.63, 3.8) is 0 Å². The fraction of sp³-hybridized carbons (Fsp3) is 0.348. The summed E-state index contributed by atoms with van der Waals surface area (Å²) in [6, 6.07) is 10.2. The van der Waals surface area contributed by atoms with E-state index in [1.165, 1.54) is 12.1 Å². The third-order valence-corrected chi connectivity index (χ3v) is 4.64. The van der Waals surface area contributed by atoms with E-state index in [4.69, 9.17) is 14.2 Å². The van der Waals surface area contributed by atoms with Crippen molar-refractivity contribution in [2.45, 2.75) is 13.3 Å². The smallest absolute Gasteiger partial charge is 0.248 e. The van der Waals surface area contributed by atoms with Crippen molar-refractivity contribution in [3.05, 3.63) is 53.9 Å². The standard InChI is InChI=1S/C23H27FN2O4/c1-3-12-30-21-8-4-17(15-22(21)28-2)5-9-23(27)25-18-6-7-20(19(24)16-18)26-10-13-29-14-11-26/h4-9,15-16H,3,10-14H2,1-2H3,(H,25,27)/b9-5+. The van der Waals surface area contributed by atoms with E-state index < -0.39 is 0 Å². The first kappa shape index (κ1) is 21.6. The molecule has 1 aliphatic rings. The summed E-state index contributed by atoms with van der Waals surface area (Å²) in [5.74, 6) is 0.549. The van der Waals surface area contributed by atoms with Crippen LogP contribution in [0.5, 0.6) is 11.5 Å². The van der Waals surface area contributed by atoms with Crippen LogP contribution in [0.1, 0.15) is 18.9 Å². The summed E-state index contributed by atoms with van der Waals surface area (Å²) in [5, 5.41) is 2.69. The van der Waals surface area contributed by atoms with Gasteiger partial charge in [0.15, 0.2) is 11.5 Å². The fourth-order valence-electron chi connectivity index (χ4n) is 3.12. The lowest BCUT2D eigenvalue weighted by molar-refractivity contribution is -0.111. The summed E-state index contributed by atoms with van der Waals surface area (Å²) >= 11 is 0. The molecule has 1 N–H and O–H groups in total. The Morgan fingerprint density at radius 3 is 2.70 bits per heavy atom. The van der Waals surface area contributed by atoms with Gasteiger partial charge < -0.3 is 24.4 Å². The highest BCUT2D eigenvalue weighted by Crippen LogP contribution is 2.29. The van der Waals surface area contributed by atoms with Gasteiger partial charge in [0, 0.05) is 24.9 Å². The number of halogens is 1. The van der Waals surface area contributed by atoms with Gasteiger partial charge in [-0.2, -0.15) is 0 Å². The van der Waals surface area contributed by atoms with Gasteiger partial charge >= 0.3 is 0 Å². The second kappa shape index (κ2) is 10.6. The molecule has 1 aliphatic heterocycles. The number of hydrogen-bond donors (Lipinski definition) is 1. The molecular formula is C23H27FN2O4. The van der Waals surface area contributed by atoms with Gasteiger partial charge in [-0.05, 0) is 48.4 Å². The second-order valence-corrected chi connectivity index (χ2v) is 6.85. The van der Waals surface area contributed by atoms with E-state index in [1.54, 1.807) is 31.4 Å². The van der Waals surface area contributed by atoms with Gasteiger partial charge in [0.25, 0.3) is 0 Å². The molecule has 7 heteroatoms. The molecule has 0 aromatic heterocycles. The minimum atomic E-state index is -0.369. The largest absolute Gasteiger partial charge is 0.493 e. The van der Waals surface area contributed by atoms with E-state index >= 15 is 0 Å². The first-order chi connectivity index (χ1) is 14.6. The SMILES string of the molecule is CCCOc1ccc(/C=C/C(=O)Nc2ccc(N3CCOCC3)c(F)c2)cc1OC. The number of hydrogen-bond acceptors (Lipinski definition) is 5. The molecule has 3 rings (SSSR count). The number of anilines is 2. The Morgan fingerprint density at radius 2 is 2.00 bits per heavy atom. The maximum absolute atomic E-state index is 14.5. The lowest BCUT2D eigenvalue weighted by Crippen LogP contribution is -2.36. The summed E-state index contributed by atoms with van der Waals surface area (Å²) in [6.45, 7) is 5.10. The fourth-order valence-corrected chi connectivity index (χ4v) is 3.12. The van der Waals surface area contributed by atoms with Crippen molar-refractivity contribution in [2.75, 3.05) is 50.2 Å². The normalized spacial score (nSPS) is 14.0. The molecule has 1 saturated heterocycles. The summed E-state index contributed by atoms with van der Waals surface area (Å²) in [6.07, 6.45) is 3.97. The minimum Gasteiger partial charge on any atom is -0.493 e. The van der Waals surface area contributed by atoms with Crippen LogP contribution >= 0.6 is 0 Å². The topological polar surface area (TPSA) is 60.0 Å². The molecule has 160 valence electrons. The zero-order valence-corrected chi connectivity index (χ0v) is 17.3. The van der Waals surface area contributed by atoms with Crippen LogP contribution in [-0.2, 0) is 9.53 Å². The first-order valence-electron chi connectivity index (χ1n) is 10.0. The number of ether oxygens (including phenoxy) is 3. The third kappa shape index (κ3) is 5.73. The van der Waals surface area contributed by atoms with Crippen molar-refractivity contribution >= 4 is 23.4 Å². The first-order valence-corrected chi connectivity index (χ1v) is 10.0. The molecule has 0 aliphatic carbocycles. The summed E-state index contributed by atoms with van der Waals surface area (Å²) < 4.78 is 30.7. The molecule has 1 amide bonds. The molecule has 6 nitrogen and oxygen atoms in total. The van der Waals surface area contributed by atoms with Gasteiger partial charge in [-0.1, -0.05) is 13.0 Å². The number of rotatable bonds is 8. The van der Waals surface area contributed by atoms with Crippen molar-refractivity contribution in [1.82, 2.24) is 0 Å². The van der Waals surface area contributed by atoms with Crippen LogP contribution in [-0.4, -0.2) is 45.9 Å². The lowest BCUT2D eigenvalue weighted by Gasteiger charge is -2.29. The van der Waals surface area contributed by atoms with E-state index in [2.05, 4.69) is 5.32 Å². The van der Waals surface area contributed by atoms with Crippen molar-refractivity contribution in [1.29, 1.82) is 0 Å². The van der Waals surface area contributed by atoms with Crippen LogP contribution < -0.4 is 19.7 Å². The van der Waals surface area contributed by atoms with E-state index in [9.17, 15) is 9.18 Å². The highest BCUT2D eigenvalue weighted by atomic mass is 19.1. The summed E-state index contributed by atoms with van der Waals surface area (Å²) in [4.78, 5) is 14.2. The van der Waals surface area contributed by atoms with Crippen molar-refractivity contribution < 1.29 is 23.4 Å². The number of carbonyl (C=O) groups is 1. The molecule has 2 aromatic rings.